The fourth-order valence-electron chi connectivity index (χ4n) is 1.96. The molecule has 1 rings (SSSR count). The van der Waals surface area contributed by atoms with Crippen LogP contribution in [0.2, 0.25) is 5.02 Å². The van der Waals surface area contributed by atoms with Gasteiger partial charge in [0.1, 0.15) is 0 Å². The van der Waals surface area contributed by atoms with Crippen molar-refractivity contribution in [3.8, 4) is 0 Å². The van der Waals surface area contributed by atoms with Gasteiger partial charge in [0, 0.05) is 6.54 Å². The first kappa shape index (κ1) is 15.3. The lowest BCUT2D eigenvalue weighted by Gasteiger charge is -2.22. The number of anilines is 1. The lowest BCUT2D eigenvalue weighted by Crippen LogP contribution is -2.25. The van der Waals surface area contributed by atoms with Crippen molar-refractivity contribution in [1.82, 2.24) is 4.90 Å². The average Bonchev–Trinajstić information content (AvgIpc) is 2.37. The van der Waals surface area contributed by atoms with Gasteiger partial charge in [-0.1, -0.05) is 44.4 Å². The van der Waals surface area contributed by atoms with Gasteiger partial charge in [0.15, 0.2) is 0 Å². The first-order valence-corrected chi connectivity index (χ1v) is 7.31. The summed E-state index contributed by atoms with van der Waals surface area (Å²) in [5.41, 5.74) is 7.65. The fraction of sp³-hybridized carbons (Fsp3) is 0.600. The molecule has 0 bridgehead atoms. The van der Waals surface area contributed by atoms with Gasteiger partial charge in [-0.05, 0) is 43.6 Å². The second-order valence-corrected chi connectivity index (χ2v) is 5.25. The molecule has 18 heavy (non-hydrogen) atoms. The molecule has 3 heteroatoms. The minimum absolute atomic E-state index is 0.661. The molecule has 2 nitrogen and oxygen atoms in total. The van der Waals surface area contributed by atoms with Gasteiger partial charge >= 0.3 is 0 Å². The van der Waals surface area contributed by atoms with E-state index in [4.69, 9.17) is 17.3 Å². The molecule has 0 aliphatic carbocycles. The fourth-order valence-corrected chi connectivity index (χ4v) is 2.16. The second kappa shape index (κ2) is 8.39. The molecular formula is C15H25ClN2. The SMILES string of the molecule is CCCCN(CCCC)Cc1ccc(N)c(Cl)c1. The smallest absolute Gasteiger partial charge is 0.0638 e. The first-order chi connectivity index (χ1) is 8.67. The molecule has 1 aromatic carbocycles. The number of hydrogen-bond donors (Lipinski definition) is 1. The maximum absolute atomic E-state index is 6.06. The number of rotatable bonds is 8. The van der Waals surface area contributed by atoms with Crippen LogP contribution in [-0.4, -0.2) is 18.0 Å². The minimum Gasteiger partial charge on any atom is -0.398 e. The van der Waals surface area contributed by atoms with Crippen LogP contribution in [0.4, 0.5) is 5.69 Å². The van der Waals surface area contributed by atoms with E-state index in [-0.39, 0.29) is 0 Å². The Morgan fingerprint density at radius 3 is 2.22 bits per heavy atom. The van der Waals surface area contributed by atoms with Crippen molar-refractivity contribution < 1.29 is 0 Å². The van der Waals surface area contributed by atoms with Crippen LogP contribution in [0, 0.1) is 0 Å². The van der Waals surface area contributed by atoms with Gasteiger partial charge in [-0.15, -0.1) is 0 Å². The van der Waals surface area contributed by atoms with E-state index >= 15 is 0 Å². The Labute approximate surface area is 116 Å². The quantitative estimate of drug-likeness (QED) is 0.712. The van der Waals surface area contributed by atoms with Crippen molar-refractivity contribution >= 4 is 17.3 Å². The van der Waals surface area contributed by atoms with Crippen LogP contribution < -0.4 is 5.73 Å². The largest absolute Gasteiger partial charge is 0.398 e. The Morgan fingerprint density at radius 2 is 1.72 bits per heavy atom. The summed E-state index contributed by atoms with van der Waals surface area (Å²) in [4.78, 5) is 2.51. The molecule has 0 spiro atoms. The van der Waals surface area contributed by atoms with Crippen molar-refractivity contribution in [2.45, 2.75) is 46.1 Å². The van der Waals surface area contributed by atoms with Gasteiger partial charge in [-0.2, -0.15) is 0 Å². The third-order valence-corrected chi connectivity index (χ3v) is 3.45. The number of nitrogens with zero attached hydrogens (tertiary/aromatic N) is 1. The minimum atomic E-state index is 0.661. The van der Waals surface area contributed by atoms with Crippen LogP contribution in [0.3, 0.4) is 0 Å². The van der Waals surface area contributed by atoms with E-state index in [1.165, 1.54) is 44.3 Å². The summed E-state index contributed by atoms with van der Waals surface area (Å²) in [5, 5.41) is 0.665. The molecule has 0 saturated heterocycles. The molecule has 0 aliphatic rings. The molecule has 2 N–H and O–H groups in total. The summed E-state index contributed by atoms with van der Waals surface area (Å²) < 4.78 is 0. The topological polar surface area (TPSA) is 29.3 Å². The van der Waals surface area contributed by atoms with Crippen LogP contribution in [0.25, 0.3) is 0 Å². The summed E-state index contributed by atoms with van der Waals surface area (Å²) in [6.45, 7) is 7.77. The van der Waals surface area contributed by atoms with E-state index in [0.29, 0.717) is 10.7 Å². The van der Waals surface area contributed by atoms with Gasteiger partial charge in [0.25, 0.3) is 0 Å². The van der Waals surface area contributed by atoms with Crippen molar-refractivity contribution in [2.24, 2.45) is 0 Å². The van der Waals surface area contributed by atoms with Crippen molar-refractivity contribution in [1.29, 1.82) is 0 Å². The van der Waals surface area contributed by atoms with Gasteiger partial charge in [-0.25, -0.2) is 0 Å². The lowest BCUT2D eigenvalue weighted by atomic mass is 10.1. The van der Waals surface area contributed by atoms with E-state index in [1.807, 2.05) is 12.1 Å². The predicted octanol–water partition coefficient (Wildman–Crippen LogP) is 4.32. The molecule has 0 heterocycles. The van der Waals surface area contributed by atoms with E-state index in [0.717, 1.165) is 6.54 Å². The second-order valence-electron chi connectivity index (χ2n) is 4.84. The molecule has 1 aromatic rings. The number of halogens is 1. The van der Waals surface area contributed by atoms with Gasteiger partial charge in [0.2, 0.25) is 0 Å². The highest BCUT2D eigenvalue weighted by molar-refractivity contribution is 6.33. The summed E-state index contributed by atoms with van der Waals surface area (Å²) in [7, 11) is 0. The standard InChI is InChI=1S/C15H25ClN2/c1-3-5-9-18(10-6-4-2)12-13-7-8-15(17)14(16)11-13/h7-8,11H,3-6,9-10,12,17H2,1-2H3. The number of nitrogens with two attached hydrogens (primary N) is 1. The molecule has 0 saturated carbocycles. The molecule has 0 atom stereocenters. The highest BCUT2D eigenvalue weighted by atomic mass is 35.5. The summed E-state index contributed by atoms with van der Waals surface area (Å²) in [5.74, 6) is 0. The zero-order valence-electron chi connectivity index (χ0n) is 11.6. The summed E-state index contributed by atoms with van der Waals surface area (Å²) in [6, 6.07) is 5.96. The van der Waals surface area contributed by atoms with Gasteiger partial charge < -0.3 is 5.73 Å². The monoisotopic (exact) mass is 268 g/mol. The summed E-state index contributed by atoms with van der Waals surface area (Å²) >= 11 is 6.06. The maximum atomic E-state index is 6.06. The van der Waals surface area contributed by atoms with Crippen LogP contribution in [0.15, 0.2) is 18.2 Å². The molecule has 0 aliphatic heterocycles. The van der Waals surface area contributed by atoms with Crippen LogP contribution in [0.1, 0.15) is 45.1 Å². The Morgan fingerprint density at radius 1 is 1.11 bits per heavy atom. The lowest BCUT2D eigenvalue weighted by molar-refractivity contribution is 0.257. The molecule has 102 valence electrons. The van der Waals surface area contributed by atoms with Gasteiger partial charge in [-0.3, -0.25) is 4.90 Å². The van der Waals surface area contributed by atoms with Crippen LogP contribution in [0.5, 0.6) is 0 Å². The zero-order valence-corrected chi connectivity index (χ0v) is 12.3. The normalized spacial score (nSPS) is 11.1. The maximum Gasteiger partial charge on any atom is 0.0638 e. The van der Waals surface area contributed by atoms with Crippen LogP contribution >= 0.6 is 11.6 Å². The zero-order chi connectivity index (χ0) is 13.4. The van der Waals surface area contributed by atoms with E-state index in [1.54, 1.807) is 0 Å². The average molecular weight is 269 g/mol. The molecule has 0 aromatic heterocycles. The molecular weight excluding hydrogens is 244 g/mol. The molecule has 0 fully saturated rings. The predicted molar refractivity (Wildman–Crippen MR) is 81.0 cm³/mol. The number of benzene rings is 1. The Hall–Kier alpha value is -0.730. The number of nitrogen functional groups attached to an aromatic ring is 1. The number of hydrogen-bond acceptors (Lipinski definition) is 2. The summed E-state index contributed by atoms with van der Waals surface area (Å²) in [6.07, 6.45) is 5.00. The third kappa shape index (κ3) is 5.28. The molecule has 0 amide bonds. The van der Waals surface area contributed by atoms with E-state index < -0.39 is 0 Å². The van der Waals surface area contributed by atoms with Crippen molar-refractivity contribution in [3.63, 3.8) is 0 Å². The van der Waals surface area contributed by atoms with E-state index in [2.05, 4.69) is 24.8 Å². The Kier molecular flexibility index (Phi) is 7.14. The van der Waals surface area contributed by atoms with Crippen LogP contribution in [-0.2, 0) is 6.54 Å². The van der Waals surface area contributed by atoms with Crippen molar-refractivity contribution in [3.05, 3.63) is 28.8 Å². The van der Waals surface area contributed by atoms with E-state index in [9.17, 15) is 0 Å². The number of unbranched alkanes of at least 4 members (excludes halogenated alkanes) is 2. The Bertz CT molecular complexity index is 344. The Balaban J connectivity index is 2.59. The van der Waals surface area contributed by atoms with Gasteiger partial charge in [0.05, 0.1) is 10.7 Å². The van der Waals surface area contributed by atoms with Crippen molar-refractivity contribution in [2.75, 3.05) is 18.8 Å². The molecule has 0 radical (unpaired) electrons. The highest BCUT2D eigenvalue weighted by Gasteiger charge is 2.06. The molecule has 0 unspecified atom stereocenters. The highest BCUT2D eigenvalue weighted by Crippen LogP contribution is 2.20. The first-order valence-electron chi connectivity index (χ1n) is 6.93. The third-order valence-electron chi connectivity index (χ3n) is 3.13.